The molecular formula is C25H32N4O3S. The summed E-state index contributed by atoms with van der Waals surface area (Å²) in [4.78, 5) is 35.2. The third-order valence-corrected chi connectivity index (χ3v) is 9.05. The van der Waals surface area contributed by atoms with Crippen molar-refractivity contribution in [2.45, 2.75) is 70.9 Å². The van der Waals surface area contributed by atoms with Crippen molar-refractivity contribution in [2.75, 3.05) is 5.32 Å². The highest BCUT2D eigenvalue weighted by Gasteiger charge is 2.54. The maximum Gasteiger partial charge on any atom is 0.257 e. The predicted molar refractivity (Wildman–Crippen MR) is 127 cm³/mol. The molecule has 0 radical (unpaired) electrons. The summed E-state index contributed by atoms with van der Waals surface area (Å²) in [5, 5.41) is 18.2. The molecule has 0 saturated heterocycles. The van der Waals surface area contributed by atoms with E-state index < -0.39 is 6.10 Å². The Morgan fingerprint density at radius 3 is 2.67 bits per heavy atom. The molecule has 8 heteroatoms. The first-order valence-electron chi connectivity index (χ1n) is 12.0. The van der Waals surface area contributed by atoms with Crippen LogP contribution >= 0.6 is 11.3 Å². The fraction of sp³-hybridized carbons (Fsp3) is 0.600. The van der Waals surface area contributed by atoms with E-state index in [1.165, 1.54) is 16.2 Å². The molecule has 176 valence electrons. The number of carbonyl (C=O) groups is 2. The Hall–Kier alpha value is -2.32. The number of hydrogen-bond acceptors (Lipinski definition) is 6. The van der Waals surface area contributed by atoms with Crippen molar-refractivity contribution in [3.63, 3.8) is 0 Å². The van der Waals surface area contributed by atoms with E-state index in [0.717, 1.165) is 37.8 Å². The molecule has 3 N–H and O–H groups in total. The van der Waals surface area contributed by atoms with Gasteiger partial charge >= 0.3 is 0 Å². The Kier molecular flexibility index (Phi) is 5.77. The number of thiazole rings is 1. The van der Waals surface area contributed by atoms with Crippen LogP contribution in [0, 0.1) is 23.2 Å². The highest BCUT2D eigenvalue weighted by atomic mass is 32.1. The average Bonchev–Trinajstić information content (AvgIpc) is 3.51. The van der Waals surface area contributed by atoms with Crippen molar-refractivity contribution in [3.05, 3.63) is 40.7 Å². The number of nitrogens with one attached hydrogen (secondary N) is 2. The highest BCUT2D eigenvalue weighted by Crippen LogP contribution is 2.57. The summed E-state index contributed by atoms with van der Waals surface area (Å²) >= 11 is 1.54. The Balaban J connectivity index is 1.35. The molecule has 6 atom stereocenters. The molecule has 5 rings (SSSR count). The van der Waals surface area contributed by atoms with Crippen molar-refractivity contribution in [2.24, 2.45) is 23.2 Å². The van der Waals surface area contributed by atoms with Gasteiger partial charge in [0.2, 0.25) is 5.91 Å². The molecule has 0 spiro atoms. The largest absolute Gasteiger partial charge is 0.392 e. The normalized spacial score (nSPS) is 31.8. The molecule has 0 unspecified atom stereocenters. The summed E-state index contributed by atoms with van der Waals surface area (Å²) in [6, 6.07) is 3.69. The van der Waals surface area contributed by atoms with Gasteiger partial charge < -0.3 is 10.4 Å². The van der Waals surface area contributed by atoms with Crippen LogP contribution in [-0.2, 0) is 11.2 Å². The summed E-state index contributed by atoms with van der Waals surface area (Å²) in [6.07, 6.45) is 7.43. The van der Waals surface area contributed by atoms with Crippen molar-refractivity contribution >= 4 is 28.3 Å². The Morgan fingerprint density at radius 1 is 1.24 bits per heavy atom. The van der Waals surface area contributed by atoms with Crippen molar-refractivity contribution in [3.8, 4) is 0 Å². The number of aliphatic hydroxyl groups excluding tert-OH is 1. The first-order valence-corrected chi connectivity index (χ1v) is 12.8. The van der Waals surface area contributed by atoms with Gasteiger partial charge in [0.15, 0.2) is 5.13 Å². The van der Waals surface area contributed by atoms with Crippen molar-refractivity contribution < 1.29 is 14.7 Å². The number of rotatable bonds is 5. The van der Waals surface area contributed by atoms with Crippen LogP contribution < -0.4 is 10.6 Å². The first kappa shape index (κ1) is 22.5. The zero-order chi connectivity index (χ0) is 23.3. The minimum Gasteiger partial charge on any atom is -0.392 e. The number of pyridine rings is 1. The summed E-state index contributed by atoms with van der Waals surface area (Å²) in [6.45, 7) is 6.36. The van der Waals surface area contributed by atoms with E-state index in [4.69, 9.17) is 4.98 Å². The monoisotopic (exact) mass is 468 g/mol. The number of aromatic nitrogens is 2. The minimum atomic E-state index is -0.552. The van der Waals surface area contributed by atoms with Gasteiger partial charge in [-0.3, -0.25) is 19.9 Å². The number of nitrogens with zero attached hydrogens (tertiary/aromatic N) is 2. The maximum absolute atomic E-state index is 12.7. The lowest BCUT2D eigenvalue weighted by Crippen LogP contribution is -2.53. The SMILES string of the molecule is C[C@H](C(=O)NC1CC1)[C@H]1CC[C@]2(C)Cc3sc(NC(=O)c4ccncc4)nc3[C@@H](C)[C@@H]2[C@H]1O. The van der Waals surface area contributed by atoms with Gasteiger partial charge in [0.05, 0.1) is 11.8 Å². The molecule has 0 aromatic carbocycles. The van der Waals surface area contributed by atoms with Crippen LogP contribution in [-0.4, -0.2) is 39.0 Å². The van der Waals surface area contributed by atoms with Crippen LogP contribution in [0.25, 0.3) is 0 Å². The van der Waals surface area contributed by atoms with E-state index in [2.05, 4.69) is 29.5 Å². The topological polar surface area (TPSA) is 104 Å². The molecule has 7 nitrogen and oxygen atoms in total. The molecule has 0 aliphatic heterocycles. The van der Waals surface area contributed by atoms with E-state index in [9.17, 15) is 14.7 Å². The van der Waals surface area contributed by atoms with E-state index in [-0.39, 0.29) is 40.9 Å². The Morgan fingerprint density at radius 2 is 1.97 bits per heavy atom. The van der Waals surface area contributed by atoms with Gasteiger partial charge in [-0.05, 0) is 61.5 Å². The number of aliphatic hydroxyl groups is 1. The zero-order valence-corrected chi connectivity index (χ0v) is 20.2. The van der Waals surface area contributed by atoms with Gasteiger partial charge in [0, 0.05) is 40.7 Å². The lowest BCUT2D eigenvalue weighted by molar-refractivity contribution is -0.134. The van der Waals surface area contributed by atoms with Gasteiger partial charge in [-0.2, -0.15) is 0 Å². The number of amides is 2. The lowest BCUT2D eigenvalue weighted by Gasteiger charge is -2.53. The second kappa shape index (κ2) is 8.47. The number of anilines is 1. The third-order valence-electron chi connectivity index (χ3n) is 8.06. The number of hydrogen-bond donors (Lipinski definition) is 3. The van der Waals surface area contributed by atoms with Crippen LogP contribution in [0.2, 0.25) is 0 Å². The van der Waals surface area contributed by atoms with Gasteiger partial charge in [0.25, 0.3) is 5.91 Å². The van der Waals surface area contributed by atoms with Gasteiger partial charge in [-0.25, -0.2) is 4.98 Å². The second-order valence-electron chi connectivity index (χ2n) is 10.4. The van der Waals surface area contributed by atoms with Crippen LogP contribution in [0.4, 0.5) is 5.13 Å². The maximum atomic E-state index is 12.7. The Labute approximate surface area is 198 Å². The molecule has 3 aliphatic rings. The molecule has 2 amide bonds. The van der Waals surface area contributed by atoms with Gasteiger partial charge in [0.1, 0.15) is 0 Å². The first-order chi connectivity index (χ1) is 15.8. The highest BCUT2D eigenvalue weighted by molar-refractivity contribution is 7.15. The van der Waals surface area contributed by atoms with Gasteiger partial charge in [-0.15, -0.1) is 11.3 Å². The van der Waals surface area contributed by atoms with Crippen LogP contribution in [0.15, 0.2) is 24.5 Å². The third kappa shape index (κ3) is 4.19. The molecular weight excluding hydrogens is 436 g/mol. The molecule has 2 heterocycles. The van der Waals surface area contributed by atoms with E-state index in [1.807, 2.05) is 6.92 Å². The van der Waals surface area contributed by atoms with Crippen LogP contribution in [0.3, 0.4) is 0 Å². The van der Waals surface area contributed by atoms with E-state index in [0.29, 0.717) is 16.7 Å². The summed E-state index contributed by atoms with van der Waals surface area (Å²) in [7, 11) is 0. The summed E-state index contributed by atoms with van der Waals surface area (Å²) in [5.74, 6) is -0.289. The molecule has 33 heavy (non-hydrogen) atoms. The quantitative estimate of drug-likeness (QED) is 0.620. The lowest BCUT2D eigenvalue weighted by atomic mass is 9.53. The Bertz CT molecular complexity index is 1050. The van der Waals surface area contributed by atoms with Crippen LogP contribution in [0.1, 0.15) is 73.3 Å². The fourth-order valence-corrected chi connectivity index (χ4v) is 7.29. The molecule has 2 fully saturated rings. The number of fused-ring (bicyclic) bond motifs is 2. The predicted octanol–water partition coefficient (Wildman–Crippen LogP) is 3.76. The molecule has 3 aliphatic carbocycles. The van der Waals surface area contributed by atoms with Crippen molar-refractivity contribution in [1.29, 1.82) is 0 Å². The second-order valence-corrected chi connectivity index (χ2v) is 11.5. The average molecular weight is 469 g/mol. The van der Waals surface area contributed by atoms with Crippen molar-refractivity contribution in [1.82, 2.24) is 15.3 Å². The van der Waals surface area contributed by atoms with Gasteiger partial charge in [-0.1, -0.05) is 20.8 Å². The molecule has 2 aromatic rings. The number of carbonyl (C=O) groups excluding carboxylic acids is 2. The van der Waals surface area contributed by atoms with E-state index in [1.54, 1.807) is 24.5 Å². The fourth-order valence-electron chi connectivity index (χ4n) is 6.03. The minimum absolute atomic E-state index is 0.0331. The molecule has 2 aromatic heterocycles. The van der Waals surface area contributed by atoms with Crippen LogP contribution in [0.5, 0.6) is 0 Å². The summed E-state index contributed by atoms with van der Waals surface area (Å²) in [5.41, 5.74) is 1.47. The molecule has 0 bridgehead atoms. The van der Waals surface area contributed by atoms with E-state index >= 15 is 0 Å². The smallest absolute Gasteiger partial charge is 0.257 e. The zero-order valence-electron chi connectivity index (χ0n) is 19.4. The molecule has 2 saturated carbocycles. The standard InChI is InChI=1S/C25H32N4O3S/c1-13(22(31)27-16-4-5-16)17-6-9-25(3)12-18-20(14(2)19(25)21(17)30)28-24(33-18)29-23(32)15-7-10-26-11-8-15/h7-8,10-11,13-14,16-17,19,21,30H,4-6,9,12H2,1-3H3,(H,27,31)(H,28,29,32)/t13-,14-,17+,19+,21-,25+/m0/s1. The summed E-state index contributed by atoms with van der Waals surface area (Å²) < 4.78 is 0.